The topological polar surface area (TPSA) is 95.7 Å². The third-order valence-electron chi connectivity index (χ3n) is 5.21. The third-order valence-corrected chi connectivity index (χ3v) is 5.21. The standard InChI is InChI=1S/C20H39N3O3/c1-15(2)22-13-7-5-6-8-14-23(21)19(25)17-11-9-16(10-12-17)18(24)20(3,4)26/h15-17,22,26H,5-14,21H2,1-4H3. The van der Waals surface area contributed by atoms with Gasteiger partial charge in [-0.25, -0.2) is 5.84 Å². The Hall–Kier alpha value is -0.980. The molecule has 0 bridgehead atoms. The second-order valence-corrected chi connectivity index (χ2v) is 8.53. The maximum Gasteiger partial charge on any atom is 0.239 e. The van der Waals surface area contributed by atoms with Crippen LogP contribution in [0.2, 0.25) is 0 Å². The van der Waals surface area contributed by atoms with Gasteiger partial charge in [0, 0.05) is 24.4 Å². The van der Waals surface area contributed by atoms with Gasteiger partial charge in [-0.1, -0.05) is 26.7 Å². The van der Waals surface area contributed by atoms with Crippen LogP contribution >= 0.6 is 0 Å². The SMILES string of the molecule is CC(C)NCCCCCCN(N)C(=O)C1CCC(C(=O)C(C)(C)O)CC1. The summed E-state index contributed by atoms with van der Waals surface area (Å²) >= 11 is 0. The fraction of sp³-hybridized carbons (Fsp3) is 0.900. The molecule has 0 radical (unpaired) electrons. The summed E-state index contributed by atoms with van der Waals surface area (Å²) in [6.07, 6.45) is 6.98. The van der Waals surface area contributed by atoms with E-state index in [0.29, 0.717) is 38.3 Å². The number of hydrogen-bond acceptors (Lipinski definition) is 5. The van der Waals surface area contributed by atoms with E-state index in [9.17, 15) is 14.7 Å². The van der Waals surface area contributed by atoms with Crippen molar-refractivity contribution >= 4 is 11.7 Å². The molecule has 152 valence electrons. The molecule has 1 amide bonds. The predicted octanol–water partition coefficient (Wildman–Crippen LogP) is 2.39. The Morgan fingerprint density at radius 3 is 2.15 bits per heavy atom. The average molecular weight is 370 g/mol. The molecule has 1 aliphatic carbocycles. The molecule has 0 unspecified atom stereocenters. The zero-order valence-electron chi connectivity index (χ0n) is 17.1. The van der Waals surface area contributed by atoms with Gasteiger partial charge in [0.15, 0.2) is 5.78 Å². The monoisotopic (exact) mass is 369 g/mol. The van der Waals surface area contributed by atoms with E-state index in [1.165, 1.54) is 18.9 Å². The summed E-state index contributed by atoms with van der Waals surface area (Å²) in [7, 11) is 0. The number of carbonyl (C=O) groups excluding carboxylic acids is 2. The molecule has 0 atom stereocenters. The van der Waals surface area contributed by atoms with Gasteiger partial charge < -0.3 is 10.4 Å². The van der Waals surface area contributed by atoms with Crippen molar-refractivity contribution in [3.8, 4) is 0 Å². The predicted molar refractivity (Wildman–Crippen MR) is 104 cm³/mol. The second kappa shape index (κ2) is 11.0. The Labute approximate surface area is 158 Å². The molecule has 0 aliphatic heterocycles. The first kappa shape index (κ1) is 23.1. The maximum atomic E-state index is 12.5. The largest absolute Gasteiger partial charge is 0.383 e. The average Bonchev–Trinajstić information content (AvgIpc) is 2.58. The molecule has 4 N–H and O–H groups in total. The van der Waals surface area contributed by atoms with E-state index in [2.05, 4.69) is 19.2 Å². The minimum absolute atomic E-state index is 0.000585. The minimum atomic E-state index is -1.29. The van der Waals surface area contributed by atoms with Crippen LogP contribution < -0.4 is 11.2 Å². The first-order valence-electron chi connectivity index (χ1n) is 10.2. The van der Waals surface area contributed by atoms with E-state index in [-0.39, 0.29) is 23.5 Å². The maximum absolute atomic E-state index is 12.5. The number of nitrogens with one attached hydrogen (secondary N) is 1. The van der Waals surface area contributed by atoms with Crippen LogP contribution in [0.1, 0.15) is 79.1 Å². The number of hydrogen-bond donors (Lipinski definition) is 3. The number of rotatable bonds is 11. The zero-order chi connectivity index (χ0) is 19.7. The summed E-state index contributed by atoms with van der Waals surface area (Å²) in [4.78, 5) is 24.6. The number of nitrogens with zero attached hydrogens (tertiary/aromatic N) is 1. The highest BCUT2D eigenvalue weighted by atomic mass is 16.3. The van der Waals surface area contributed by atoms with Crippen LogP contribution in [0, 0.1) is 11.8 Å². The van der Waals surface area contributed by atoms with Crippen molar-refractivity contribution in [3.63, 3.8) is 0 Å². The number of hydrazine groups is 1. The summed E-state index contributed by atoms with van der Waals surface area (Å²) in [5.41, 5.74) is -1.29. The molecular weight excluding hydrogens is 330 g/mol. The Bertz CT molecular complexity index is 438. The highest BCUT2D eigenvalue weighted by molar-refractivity contribution is 5.88. The van der Waals surface area contributed by atoms with Crippen LogP contribution in [0.4, 0.5) is 0 Å². The smallest absolute Gasteiger partial charge is 0.239 e. The van der Waals surface area contributed by atoms with E-state index in [4.69, 9.17) is 5.84 Å². The van der Waals surface area contributed by atoms with Crippen LogP contribution in [-0.2, 0) is 9.59 Å². The van der Waals surface area contributed by atoms with Gasteiger partial charge in [0.2, 0.25) is 5.91 Å². The van der Waals surface area contributed by atoms with Crippen LogP contribution in [0.3, 0.4) is 0 Å². The van der Waals surface area contributed by atoms with Crippen molar-refractivity contribution in [2.75, 3.05) is 13.1 Å². The lowest BCUT2D eigenvalue weighted by molar-refractivity contribution is -0.143. The lowest BCUT2D eigenvalue weighted by Gasteiger charge is -2.32. The number of unbranched alkanes of at least 4 members (excludes halogenated alkanes) is 3. The highest BCUT2D eigenvalue weighted by Crippen LogP contribution is 2.32. The highest BCUT2D eigenvalue weighted by Gasteiger charge is 2.36. The summed E-state index contributed by atoms with van der Waals surface area (Å²) in [5.74, 6) is 5.63. The molecule has 1 aliphatic rings. The molecule has 0 aromatic carbocycles. The molecule has 0 spiro atoms. The van der Waals surface area contributed by atoms with Gasteiger partial charge in [-0.15, -0.1) is 0 Å². The Morgan fingerprint density at radius 2 is 1.62 bits per heavy atom. The number of ketones is 1. The number of Topliss-reactive ketones (excluding diaryl/α,β-unsaturated/α-hetero) is 1. The Morgan fingerprint density at radius 1 is 1.08 bits per heavy atom. The molecule has 0 aromatic heterocycles. The molecular formula is C20H39N3O3. The lowest BCUT2D eigenvalue weighted by atomic mass is 9.76. The number of aliphatic hydroxyl groups is 1. The molecule has 6 heteroatoms. The van der Waals surface area contributed by atoms with E-state index >= 15 is 0 Å². The summed E-state index contributed by atoms with van der Waals surface area (Å²) in [6.45, 7) is 8.99. The van der Waals surface area contributed by atoms with Crippen molar-refractivity contribution < 1.29 is 14.7 Å². The molecule has 1 rings (SSSR count). The van der Waals surface area contributed by atoms with Gasteiger partial charge in [0.25, 0.3) is 0 Å². The minimum Gasteiger partial charge on any atom is -0.383 e. The summed E-state index contributed by atoms with van der Waals surface area (Å²) in [6, 6.07) is 0.529. The van der Waals surface area contributed by atoms with Gasteiger partial charge in [0.05, 0.1) is 0 Å². The molecule has 6 nitrogen and oxygen atoms in total. The van der Waals surface area contributed by atoms with E-state index in [1.807, 2.05) is 0 Å². The number of nitrogens with two attached hydrogens (primary N) is 1. The van der Waals surface area contributed by atoms with Crippen molar-refractivity contribution in [1.29, 1.82) is 0 Å². The molecule has 1 fully saturated rings. The Kier molecular flexibility index (Phi) is 9.75. The molecule has 0 heterocycles. The quantitative estimate of drug-likeness (QED) is 0.225. The normalized spacial score (nSPS) is 21.0. The summed E-state index contributed by atoms with van der Waals surface area (Å²) in [5, 5.41) is 14.6. The third kappa shape index (κ3) is 8.14. The van der Waals surface area contributed by atoms with Crippen LogP contribution in [0.25, 0.3) is 0 Å². The first-order valence-corrected chi connectivity index (χ1v) is 10.2. The van der Waals surface area contributed by atoms with Gasteiger partial charge >= 0.3 is 0 Å². The fourth-order valence-corrected chi connectivity index (χ4v) is 3.60. The van der Waals surface area contributed by atoms with Crippen LogP contribution in [0.15, 0.2) is 0 Å². The number of carbonyl (C=O) groups is 2. The Balaban J connectivity index is 2.21. The fourth-order valence-electron chi connectivity index (χ4n) is 3.60. The molecule has 1 saturated carbocycles. The van der Waals surface area contributed by atoms with E-state index < -0.39 is 5.60 Å². The second-order valence-electron chi connectivity index (χ2n) is 8.53. The van der Waals surface area contributed by atoms with Gasteiger partial charge in [0.1, 0.15) is 5.60 Å². The van der Waals surface area contributed by atoms with Crippen LogP contribution in [0.5, 0.6) is 0 Å². The van der Waals surface area contributed by atoms with Crippen molar-refractivity contribution in [3.05, 3.63) is 0 Å². The van der Waals surface area contributed by atoms with Gasteiger partial charge in [-0.2, -0.15) is 0 Å². The van der Waals surface area contributed by atoms with Crippen LogP contribution in [-0.4, -0.2) is 46.5 Å². The molecule has 26 heavy (non-hydrogen) atoms. The molecule has 0 aromatic rings. The van der Waals surface area contributed by atoms with Gasteiger partial charge in [-0.05, 0) is 58.9 Å². The lowest BCUT2D eigenvalue weighted by Crippen LogP contribution is -2.44. The van der Waals surface area contributed by atoms with E-state index in [1.54, 1.807) is 0 Å². The van der Waals surface area contributed by atoms with Crippen molar-refractivity contribution in [2.45, 2.75) is 90.7 Å². The first-order chi connectivity index (χ1) is 12.1. The zero-order valence-corrected chi connectivity index (χ0v) is 17.1. The van der Waals surface area contributed by atoms with Crippen molar-refractivity contribution in [1.82, 2.24) is 10.3 Å². The number of amides is 1. The van der Waals surface area contributed by atoms with Crippen molar-refractivity contribution in [2.24, 2.45) is 17.7 Å². The summed E-state index contributed by atoms with van der Waals surface area (Å²) < 4.78 is 0. The van der Waals surface area contributed by atoms with Gasteiger partial charge in [-0.3, -0.25) is 14.6 Å². The molecule has 0 saturated heterocycles. The van der Waals surface area contributed by atoms with E-state index in [0.717, 1.165) is 32.2 Å².